The van der Waals surface area contributed by atoms with E-state index in [1.807, 2.05) is 48.5 Å². The fraction of sp³-hybridized carbons (Fsp3) is 0.200. The van der Waals surface area contributed by atoms with Crippen molar-refractivity contribution in [3.05, 3.63) is 77.7 Å². The number of nitrogens with one attached hydrogen (secondary N) is 1. The number of nitrogens with zero attached hydrogens (tertiary/aromatic N) is 4. The van der Waals surface area contributed by atoms with Crippen LogP contribution in [0.25, 0.3) is 22.2 Å². The van der Waals surface area contributed by atoms with Gasteiger partial charge in [0.1, 0.15) is 18.4 Å². The lowest BCUT2D eigenvalue weighted by molar-refractivity contribution is 0.283. The number of hydrogen-bond donors (Lipinski definition) is 2. The molecule has 0 unspecified atom stereocenters. The van der Waals surface area contributed by atoms with E-state index in [0.29, 0.717) is 23.9 Å². The molecule has 3 aromatic carbocycles. The molecule has 0 aliphatic carbocycles. The van der Waals surface area contributed by atoms with Crippen molar-refractivity contribution in [2.24, 2.45) is 5.73 Å². The van der Waals surface area contributed by atoms with Gasteiger partial charge in [-0.05, 0) is 59.5 Å². The quantitative estimate of drug-likeness (QED) is 0.314. The van der Waals surface area contributed by atoms with Crippen molar-refractivity contribution in [3.63, 3.8) is 0 Å². The van der Waals surface area contributed by atoms with Gasteiger partial charge in [-0.15, -0.1) is 12.4 Å². The Morgan fingerprint density at radius 3 is 2.68 bits per heavy atom. The van der Waals surface area contributed by atoms with Crippen molar-refractivity contribution in [2.75, 3.05) is 6.54 Å². The second-order valence-corrected chi connectivity index (χ2v) is 8.01. The molecule has 1 aromatic heterocycles. The Balaban J connectivity index is 0.00000274. The molecule has 1 aliphatic rings. The number of fused-ring (bicyclic) bond motifs is 1. The summed E-state index contributed by atoms with van der Waals surface area (Å²) >= 11 is 0. The summed E-state index contributed by atoms with van der Waals surface area (Å²) in [5, 5.41) is 22.9. The first-order chi connectivity index (χ1) is 16.1. The summed E-state index contributed by atoms with van der Waals surface area (Å²) in [6.07, 6.45) is 1.78. The van der Waals surface area contributed by atoms with E-state index < -0.39 is 0 Å². The predicted octanol–water partition coefficient (Wildman–Crippen LogP) is 4.79. The third-order valence-corrected chi connectivity index (χ3v) is 5.85. The highest BCUT2D eigenvalue weighted by molar-refractivity contribution is 5.87. The molecule has 4 aromatic rings. The molecule has 5 rings (SSSR count). The molecule has 1 atom stereocenters. The number of ether oxygens (including phenoxy) is 1. The minimum absolute atomic E-state index is 0. The van der Waals surface area contributed by atoms with Gasteiger partial charge in [-0.1, -0.05) is 35.5 Å². The number of aromatic nitrogens is 2. The van der Waals surface area contributed by atoms with Crippen LogP contribution in [0.2, 0.25) is 0 Å². The zero-order valence-electron chi connectivity index (χ0n) is 18.3. The molecule has 8 nitrogen and oxygen atoms in total. The van der Waals surface area contributed by atoms with E-state index in [4.69, 9.17) is 25.7 Å². The van der Waals surface area contributed by atoms with Crippen LogP contribution in [-0.4, -0.2) is 27.5 Å². The van der Waals surface area contributed by atoms with Gasteiger partial charge in [0.15, 0.2) is 5.96 Å². The van der Waals surface area contributed by atoms with Crippen molar-refractivity contribution in [1.82, 2.24) is 15.0 Å². The number of likely N-dealkylation sites (tertiary alicyclic amines) is 1. The van der Waals surface area contributed by atoms with Gasteiger partial charge in [0.05, 0.1) is 11.6 Å². The normalized spacial score (nSPS) is 15.0. The summed E-state index contributed by atoms with van der Waals surface area (Å²) in [7, 11) is 0. The molecule has 0 saturated carbocycles. The molecule has 3 N–H and O–H groups in total. The van der Waals surface area contributed by atoms with Crippen LogP contribution in [0.4, 0.5) is 0 Å². The second kappa shape index (κ2) is 9.81. The topological polar surface area (TPSA) is 125 Å². The molecule has 2 heterocycles. The number of nitrogens with two attached hydrogens (primary N) is 1. The van der Waals surface area contributed by atoms with Crippen molar-refractivity contribution in [1.29, 1.82) is 10.7 Å². The summed E-state index contributed by atoms with van der Waals surface area (Å²) < 4.78 is 11.4. The Bertz CT molecular complexity index is 1360. The Labute approximate surface area is 202 Å². The number of benzene rings is 3. The molecule has 0 bridgehead atoms. The number of nitriles is 1. The highest BCUT2D eigenvalue weighted by atomic mass is 35.5. The van der Waals surface area contributed by atoms with Crippen molar-refractivity contribution >= 4 is 29.1 Å². The molecule has 1 fully saturated rings. The monoisotopic (exact) mass is 474 g/mol. The van der Waals surface area contributed by atoms with E-state index in [1.165, 1.54) is 0 Å². The maximum absolute atomic E-state index is 8.90. The van der Waals surface area contributed by atoms with Crippen LogP contribution < -0.4 is 10.5 Å². The number of halogens is 1. The van der Waals surface area contributed by atoms with Crippen molar-refractivity contribution in [2.45, 2.75) is 25.5 Å². The largest absolute Gasteiger partial charge is 0.489 e. The Morgan fingerprint density at radius 1 is 1.15 bits per heavy atom. The van der Waals surface area contributed by atoms with Crippen LogP contribution in [-0.2, 0) is 6.61 Å². The number of guanidine groups is 1. The van der Waals surface area contributed by atoms with Gasteiger partial charge in [0.25, 0.3) is 0 Å². The molecular weight excluding hydrogens is 452 g/mol. The summed E-state index contributed by atoms with van der Waals surface area (Å²) in [4.78, 5) is 6.37. The fourth-order valence-corrected chi connectivity index (χ4v) is 4.09. The van der Waals surface area contributed by atoms with E-state index in [9.17, 15) is 0 Å². The smallest absolute Gasteiger partial charge is 0.249 e. The predicted molar refractivity (Wildman–Crippen MR) is 131 cm³/mol. The zero-order valence-corrected chi connectivity index (χ0v) is 19.1. The van der Waals surface area contributed by atoms with E-state index >= 15 is 0 Å². The van der Waals surface area contributed by atoms with Gasteiger partial charge in [0.2, 0.25) is 11.7 Å². The lowest BCUT2D eigenvalue weighted by Gasteiger charge is -2.21. The average Bonchev–Trinajstić information content (AvgIpc) is 3.52. The number of hydrogen-bond acceptors (Lipinski definition) is 6. The van der Waals surface area contributed by atoms with Crippen molar-refractivity contribution in [3.8, 4) is 23.2 Å². The Kier molecular flexibility index (Phi) is 6.66. The zero-order chi connectivity index (χ0) is 22.8. The second-order valence-electron chi connectivity index (χ2n) is 8.01. The summed E-state index contributed by atoms with van der Waals surface area (Å²) in [5.74, 6) is 1.81. The van der Waals surface area contributed by atoms with Gasteiger partial charge < -0.3 is 19.9 Å². The number of rotatable bonds is 5. The molecular formula is C25H23ClN6O2. The summed E-state index contributed by atoms with van der Waals surface area (Å²) in [6.45, 7) is 1.16. The Morgan fingerprint density at radius 2 is 1.91 bits per heavy atom. The molecule has 1 saturated heterocycles. The van der Waals surface area contributed by atoms with E-state index in [-0.39, 0.29) is 24.4 Å². The van der Waals surface area contributed by atoms with Crippen LogP contribution in [0.15, 0.2) is 65.2 Å². The first-order valence-electron chi connectivity index (χ1n) is 10.7. The third-order valence-electron chi connectivity index (χ3n) is 5.85. The lowest BCUT2D eigenvalue weighted by atomic mass is 10.1. The first kappa shape index (κ1) is 23.1. The van der Waals surface area contributed by atoms with Crippen LogP contribution in [0.3, 0.4) is 0 Å². The molecule has 1 aliphatic heterocycles. The minimum atomic E-state index is -0.139. The summed E-state index contributed by atoms with van der Waals surface area (Å²) in [6, 6.07) is 21.2. The molecule has 0 radical (unpaired) electrons. The Hall–Kier alpha value is -4.09. The first-order valence-corrected chi connectivity index (χ1v) is 10.7. The van der Waals surface area contributed by atoms with Crippen molar-refractivity contribution < 1.29 is 9.26 Å². The fourth-order valence-electron chi connectivity index (χ4n) is 4.09. The van der Waals surface area contributed by atoms with Crippen LogP contribution in [0.5, 0.6) is 5.75 Å². The molecule has 0 spiro atoms. The maximum Gasteiger partial charge on any atom is 0.249 e. The highest BCUT2D eigenvalue weighted by Gasteiger charge is 2.31. The standard InChI is InChI=1S/C25H22N6O2.ClH/c26-14-16-3-5-17(6-4-16)15-32-21-10-9-18-12-20(8-7-19(18)13-21)23-29-24(33-30-23)22-2-1-11-31(22)25(27)28;/h3-10,12-13,22H,1-2,11,15H2,(H3,27,28);1H/t22-;/m0./s1. The van der Waals surface area contributed by atoms with Gasteiger partial charge in [0, 0.05) is 12.1 Å². The van der Waals surface area contributed by atoms with E-state index in [2.05, 4.69) is 16.2 Å². The van der Waals surface area contributed by atoms with Crippen LogP contribution in [0, 0.1) is 16.7 Å². The van der Waals surface area contributed by atoms with E-state index in [1.54, 1.807) is 17.0 Å². The minimum Gasteiger partial charge on any atom is -0.489 e. The maximum atomic E-state index is 8.90. The molecule has 34 heavy (non-hydrogen) atoms. The summed E-state index contributed by atoms with van der Waals surface area (Å²) in [5.41, 5.74) is 8.17. The van der Waals surface area contributed by atoms with Gasteiger partial charge in [-0.3, -0.25) is 5.41 Å². The lowest BCUT2D eigenvalue weighted by Crippen LogP contribution is -2.35. The molecule has 172 valence electrons. The van der Waals surface area contributed by atoms with Gasteiger partial charge in [-0.25, -0.2) is 0 Å². The van der Waals surface area contributed by atoms with Crippen LogP contribution in [0.1, 0.15) is 35.9 Å². The third kappa shape index (κ3) is 4.65. The van der Waals surface area contributed by atoms with Gasteiger partial charge >= 0.3 is 0 Å². The van der Waals surface area contributed by atoms with Crippen LogP contribution >= 0.6 is 12.4 Å². The molecule has 9 heteroatoms. The average molecular weight is 475 g/mol. The van der Waals surface area contributed by atoms with Gasteiger partial charge in [-0.2, -0.15) is 10.2 Å². The highest BCUT2D eigenvalue weighted by Crippen LogP contribution is 2.32. The SMILES string of the molecule is Cl.N#Cc1ccc(COc2ccc3cc(-c4noc([C@@H]5CCCN5C(=N)N)n4)ccc3c2)cc1. The van der Waals surface area contributed by atoms with E-state index in [0.717, 1.165) is 47.0 Å². The molecule has 0 amide bonds.